The van der Waals surface area contributed by atoms with Gasteiger partial charge in [0.2, 0.25) is 0 Å². The van der Waals surface area contributed by atoms with Crippen molar-refractivity contribution in [2.24, 2.45) is 0 Å². The van der Waals surface area contributed by atoms with E-state index in [2.05, 4.69) is 45.0 Å². The van der Waals surface area contributed by atoms with Crippen molar-refractivity contribution in [3.63, 3.8) is 0 Å². The van der Waals surface area contributed by atoms with Crippen LogP contribution in [0.25, 0.3) is 0 Å². The second-order valence-electron chi connectivity index (χ2n) is 9.50. The summed E-state index contributed by atoms with van der Waals surface area (Å²) in [6.45, 7) is 0.676. The monoisotopic (exact) mass is 668 g/mol. The molecule has 7 N–H and O–H groups in total. The zero-order chi connectivity index (χ0) is 35.5. The summed E-state index contributed by atoms with van der Waals surface area (Å²) in [5.41, 5.74) is 0. The van der Waals surface area contributed by atoms with Gasteiger partial charge in [-0.2, -0.15) is 0 Å². The number of carbonyl (C=O) groups excluding carboxylic acids is 5. The number of hydrogen-bond acceptors (Lipinski definition) is 15. The number of likely N-dealkylation sites (N-methyl/N-ethyl adjacent to an activating group) is 2. The van der Waals surface area contributed by atoms with Crippen LogP contribution in [0.15, 0.2) is 0 Å². The van der Waals surface area contributed by atoms with Crippen molar-refractivity contribution in [1.82, 2.24) is 21.3 Å². The number of nitrogens with one attached hydrogen (secondary N) is 4. The maximum absolute atomic E-state index is 10.7. The van der Waals surface area contributed by atoms with Gasteiger partial charge in [0, 0.05) is 31.7 Å². The Morgan fingerprint density at radius 2 is 1.20 bits per heavy atom. The van der Waals surface area contributed by atoms with Gasteiger partial charge in [-0.1, -0.05) is 0 Å². The number of aliphatic carboxylic acids is 2. The Bertz CT molecular complexity index is 946. The minimum atomic E-state index is -0.957. The fraction of sp³-hybridized carbons (Fsp3) is 0.741. The highest BCUT2D eigenvalue weighted by Gasteiger charge is 2.23. The number of hydrogen-bond donors (Lipinski definition) is 7. The van der Waals surface area contributed by atoms with Crippen molar-refractivity contribution in [2.75, 3.05) is 55.2 Å². The molecular formula is C27H48N4O15. The number of rotatable bonds is 16. The van der Waals surface area contributed by atoms with E-state index < -0.39 is 36.1 Å². The van der Waals surface area contributed by atoms with E-state index in [0.717, 1.165) is 0 Å². The normalized spacial score (nSPS) is 17.2. The lowest BCUT2D eigenvalue weighted by Gasteiger charge is -2.10. The summed E-state index contributed by atoms with van der Waals surface area (Å²) in [6.07, 6.45) is 1.83. The molecule has 0 aromatic heterocycles. The number of cyclic esters (lactones) is 2. The van der Waals surface area contributed by atoms with Crippen LogP contribution in [0.1, 0.15) is 51.4 Å². The number of ether oxygens (including phenoxy) is 5. The van der Waals surface area contributed by atoms with Crippen LogP contribution >= 0.6 is 0 Å². The molecule has 0 spiro atoms. The molecule has 2 amide bonds. The van der Waals surface area contributed by atoms with Crippen molar-refractivity contribution in [3.05, 3.63) is 0 Å². The molecule has 0 aliphatic carbocycles. The van der Waals surface area contributed by atoms with Gasteiger partial charge in [-0.3, -0.25) is 24.0 Å². The highest BCUT2D eigenvalue weighted by molar-refractivity contribution is 5.75. The quantitative estimate of drug-likeness (QED) is 0.0778. The van der Waals surface area contributed by atoms with E-state index in [-0.39, 0.29) is 62.5 Å². The third kappa shape index (κ3) is 24.1. The Hall–Kier alpha value is -4.23. The first-order valence-corrected chi connectivity index (χ1v) is 14.2. The Morgan fingerprint density at radius 1 is 0.761 bits per heavy atom. The predicted molar refractivity (Wildman–Crippen MR) is 158 cm³/mol. The predicted octanol–water partition coefficient (Wildman–Crippen LogP) is -0.860. The maximum atomic E-state index is 10.7. The van der Waals surface area contributed by atoms with E-state index >= 15 is 0 Å². The lowest BCUT2D eigenvalue weighted by atomic mass is 10.1. The molecule has 4 atom stereocenters. The summed E-state index contributed by atoms with van der Waals surface area (Å²) < 4.78 is 22.4. The molecule has 19 nitrogen and oxygen atoms in total. The van der Waals surface area contributed by atoms with Gasteiger partial charge >= 0.3 is 42.0 Å². The molecule has 0 radical (unpaired) electrons. The van der Waals surface area contributed by atoms with Gasteiger partial charge in [0.15, 0.2) is 0 Å². The second-order valence-corrected chi connectivity index (χ2v) is 9.50. The summed E-state index contributed by atoms with van der Waals surface area (Å²) >= 11 is 0. The van der Waals surface area contributed by atoms with Crippen molar-refractivity contribution in [1.29, 1.82) is 0 Å². The Labute approximate surface area is 267 Å². The average molecular weight is 669 g/mol. The third-order valence-corrected chi connectivity index (χ3v) is 6.17. The lowest BCUT2D eigenvalue weighted by molar-refractivity contribution is -0.143. The summed E-state index contributed by atoms with van der Waals surface area (Å²) in [4.78, 5) is 73.3. The Balaban J connectivity index is 0. The van der Waals surface area contributed by atoms with E-state index in [1.807, 2.05) is 0 Å². The molecule has 2 saturated heterocycles. The number of alkyl carbamates (subject to hydrolysis) is 2. The minimum Gasteiger partial charge on any atom is -0.481 e. The second kappa shape index (κ2) is 27.1. The van der Waals surface area contributed by atoms with Crippen LogP contribution in [-0.2, 0) is 47.7 Å². The lowest BCUT2D eigenvalue weighted by Crippen LogP contribution is -2.34. The van der Waals surface area contributed by atoms with Gasteiger partial charge in [0.05, 0.1) is 40.0 Å². The van der Waals surface area contributed by atoms with Crippen molar-refractivity contribution in [3.8, 4) is 0 Å². The van der Waals surface area contributed by atoms with E-state index in [4.69, 9.17) is 15.3 Å². The molecule has 46 heavy (non-hydrogen) atoms. The third-order valence-electron chi connectivity index (χ3n) is 6.17. The molecule has 266 valence electrons. The van der Waals surface area contributed by atoms with E-state index in [9.17, 15) is 33.6 Å². The van der Waals surface area contributed by atoms with E-state index in [1.54, 1.807) is 7.05 Å². The van der Waals surface area contributed by atoms with Gasteiger partial charge in [-0.05, 0) is 39.8 Å². The molecule has 0 bridgehead atoms. The number of aliphatic hydroxyl groups is 1. The van der Waals surface area contributed by atoms with Crippen LogP contribution in [0.2, 0.25) is 0 Å². The fourth-order valence-electron chi connectivity index (χ4n) is 3.33. The summed E-state index contributed by atoms with van der Waals surface area (Å²) in [7, 11) is 7.26. The molecule has 2 heterocycles. The first-order chi connectivity index (χ1) is 21.8. The zero-order valence-corrected chi connectivity index (χ0v) is 26.8. The van der Waals surface area contributed by atoms with E-state index in [0.29, 0.717) is 38.7 Å². The molecule has 2 aliphatic heterocycles. The topological polar surface area (TPSA) is 274 Å². The molecule has 4 unspecified atom stereocenters. The standard InChI is InChI=1S/C7H11NO4.C7H13NO4.C7H15NO3.C6H9NO4/c1-11-6(9)3-2-5-4-12-7(10)8-5;1-8-5(7(10)11)3-4-6(9)12-2;1-8-6(5-9)3-4-7(10)11-2;8-5(9)2-1-4-3-11-6(10)7-4/h5H,2-4H2,1H3,(H,8,10);5,8H,3-4H2,1-2H3,(H,10,11);6,8-9H,3-5H2,1-2H3;4H,1-3H2,(H,7,10)(H,8,9). The van der Waals surface area contributed by atoms with Gasteiger partial charge in [0.25, 0.3) is 0 Å². The van der Waals surface area contributed by atoms with Gasteiger partial charge in [-0.15, -0.1) is 0 Å². The number of esters is 3. The molecule has 0 aromatic rings. The first-order valence-electron chi connectivity index (χ1n) is 14.2. The number of aliphatic hydroxyl groups excluding tert-OH is 1. The summed E-state index contributed by atoms with van der Waals surface area (Å²) in [5.74, 6) is -2.71. The zero-order valence-electron chi connectivity index (χ0n) is 26.8. The average Bonchev–Trinajstić information content (AvgIpc) is 3.66. The van der Waals surface area contributed by atoms with Crippen LogP contribution in [0.5, 0.6) is 0 Å². The summed E-state index contributed by atoms with van der Waals surface area (Å²) in [6, 6.07) is -0.853. The highest BCUT2D eigenvalue weighted by Crippen LogP contribution is 2.06. The molecular weight excluding hydrogens is 620 g/mol. The first kappa shape index (κ1) is 43.9. The molecule has 0 aromatic carbocycles. The largest absolute Gasteiger partial charge is 0.481 e. The minimum absolute atomic E-state index is 0.00546. The molecule has 2 fully saturated rings. The van der Waals surface area contributed by atoms with Crippen LogP contribution in [0, 0.1) is 0 Å². The van der Waals surface area contributed by atoms with Crippen molar-refractivity contribution < 1.29 is 72.6 Å². The molecule has 2 aliphatic rings. The number of carbonyl (C=O) groups is 7. The van der Waals surface area contributed by atoms with Crippen LogP contribution in [0.4, 0.5) is 9.59 Å². The molecule has 2 rings (SSSR count). The van der Waals surface area contributed by atoms with Crippen LogP contribution in [0.3, 0.4) is 0 Å². The molecule has 19 heteroatoms. The number of carboxylic acid groups (broad SMARTS) is 2. The van der Waals surface area contributed by atoms with Crippen molar-refractivity contribution in [2.45, 2.75) is 75.5 Å². The summed E-state index contributed by atoms with van der Waals surface area (Å²) in [5, 5.41) is 36.0. The number of carboxylic acids is 2. The van der Waals surface area contributed by atoms with Crippen molar-refractivity contribution >= 4 is 42.0 Å². The van der Waals surface area contributed by atoms with Gasteiger partial charge in [0.1, 0.15) is 19.3 Å². The highest BCUT2D eigenvalue weighted by atomic mass is 16.6. The fourth-order valence-corrected chi connectivity index (χ4v) is 3.33. The Kier molecular flexibility index (Phi) is 25.9. The molecule has 0 saturated carbocycles. The van der Waals surface area contributed by atoms with E-state index in [1.165, 1.54) is 28.4 Å². The van der Waals surface area contributed by atoms with Gasteiger partial charge in [-0.25, -0.2) is 9.59 Å². The Morgan fingerprint density at radius 3 is 1.52 bits per heavy atom. The SMILES string of the molecule is CNC(CCC(=O)OC)C(=O)O.CNC(CO)CCC(=O)OC.COC(=O)CCC1COC(=O)N1.O=C(O)CCC1COC(=O)N1. The van der Waals surface area contributed by atoms with Crippen LogP contribution in [-0.4, -0.2) is 137 Å². The number of methoxy groups -OCH3 is 3. The van der Waals surface area contributed by atoms with Crippen LogP contribution < -0.4 is 21.3 Å². The number of amides is 2. The smallest absolute Gasteiger partial charge is 0.407 e. The maximum Gasteiger partial charge on any atom is 0.407 e. The van der Waals surface area contributed by atoms with Gasteiger partial charge < -0.3 is 60.3 Å².